The number of nitrogen functional groups attached to an aromatic ring is 1. The molecule has 1 rings (SSSR count). The number of carbonyl (C=O) groups is 1. The molecule has 1 unspecified atom stereocenters. The van der Waals surface area contributed by atoms with Crippen LogP contribution >= 0.6 is 15.9 Å². The molecular weight excluding hydrogens is 241 g/mol. The molecule has 1 heterocycles. The smallest absolute Gasteiger partial charge is 0.220 e. The lowest BCUT2D eigenvalue weighted by molar-refractivity contribution is -0.108. The van der Waals surface area contributed by atoms with Gasteiger partial charge in [-0.1, -0.05) is 15.9 Å². The number of rotatable bonds is 3. The van der Waals surface area contributed by atoms with Crippen molar-refractivity contribution in [1.82, 2.24) is 9.97 Å². The van der Waals surface area contributed by atoms with E-state index in [1.165, 1.54) is 0 Å². The minimum absolute atomic E-state index is 0.0272. The number of hydrogen-bond donors (Lipinski definition) is 1. The predicted molar refractivity (Wildman–Crippen MR) is 49.0 cm³/mol. The Morgan fingerprint density at radius 1 is 1.77 bits per heavy atom. The first-order valence-corrected chi connectivity index (χ1v) is 4.60. The topological polar surface area (TPSA) is 68.9 Å². The molecule has 70 valence electrons. The lowest BCUT2D eigenvalue weighted by Gasteiger charge is -2.06. The van der Waals surface area contributed by atoms with Crippen molar-refractivity contribution in [3.05, 3.63) is 17.7 Å². The van der Waals surface area contributed by atoms with Crippen molar-refractivity contribution in [3.8, 4) is 0 Å². The molecule has 0 aliphatic heterocycles. The van der Waals surface area contributed by atoms with Crippen LogP contribution in [-0.4, -0.2) is 21.6 Å². The highest BCUT2D eigenvalue weighted by Crippen LogP contribution is 2.17. The SMILES string of the molecule is Nc1ncc(F)c(C(C=O)CBr)n1. The summed E-state index contributed by atoms with van der Waals surface area (Å²) in [6.45, 7) is 0. The molecular formula is C7H7BrFN3O. The van der Waals surface area contributed by atoms with E-state index >= 15 is 0 Å². The Morgan fingerprint density at radius 2 is 2.46 bits per heavy atom. The molecule has 2 N–H and O–H groups in total. The molecule has 0 radical (unpaired) electrons. The van der Waals surface area contributed by atoms with Crippen LogP contribution in [0.25, 0.3) is 0 Å². The van der Waals surface area contributed by atoms with Gasteiger partial charge < -0.3 is 10.5 Å². The second-order valence-corrected chi connectivity index (χ2v) is 3.01. The maximum atomic E-state index is 13.0. The van der Waals surface area contributed by atoms with Crippen LogP contribution in [0.2, 0.25) is 0 Å². The second kappa shape index (κ2) is 4.27. The predicted octanol–water partition coefficient (Wildman–Crippen LogP) is 0.875. The molecule has 0 spiro atoms. The zero-order valence-electron chi connectivity index (χ0n) is 6.58. The van der Waals surface area contributed by atoms with E-state index in [0.29, 0.717) is 11.6 Å². The molecule has 0 fully saturated rings. The van der Waals surface area contributed by atoms with Gasteiger partial charge in [-0.3, -0.25) is 0 Å². The van der Waals surface area contributed by atoms with Gasteiger partial charge in [-0.15, -0.1) is 0 Å². The lowest BCUT2D eigenvalue weighted by Crippen LogP contribution is -2.10. The molecule has 0 aromatic carbocycles. The Hall–Kier alpha value is -1.04. The number of alkyl halides is 1. The summed E-state index contributed by atoms with van der Waals surface area (Å²) in [6, 6.07) is 0. The van der Waals surface area contributed by atoms with Crippen molar-refractivity contribution in [1.29, 1.82) is 0 Å². The fourth-order valence-electron chi connectivity index (χ4n) is 0.829. The highest BCUT2D eigenvalue weighted by Gasteiger charge is 2.16. The van der Waals surface area contributed by atoms with Crippen molar-refractivity contribution in [2.75, 3.05) is 11.1 Å². The van der Waals surface area contributed by atoms with Gasteiger partial charge in [0, 0.05) is 5.33 Å². The van der Waals surface area contributed by atoms with Gasteiger partial charge in [0.15, 0.2) is 5.82 Å². The molecule has 0 amide bonds. The first kappa shape index (κ1) is 10.0. The zero-order chi connectivity index (χ0) is 9.84. The van der Waals surface area contributed by atoms with E-state index < -0.39 is 11.7 Å². The Labute approximate surface area is 82.5 Å². The minimum Gasteiger partial charge on any atom is -0.368 e. The summed E-state index contributed by atoms with van der Waals surface area (Å²) in [5, 5.41) is 0.309. The second-order valence-electron chi connectivity index (χ2n) is 2.36. The van der Waals surface area contributed by atoms with Crippen LogP contribution in [0.5, 0.6) is 0 Å². The van der Waals surface area contributed by atoms with E-state index in [1.54, 1.807) is 0 Å². The highest BCUT2D eigenvalue weighted by molar-refractivity contribution is 9.09. The van der Waals surface area contributed by atoms with Crippen LogP contribution in [0.3, 0.4) is 0 Å². The molecule has 1 aromatic heterocycles. The van der Waals surface area contributed by atoms with E-state index in [1.807, 2.05) is 0 Å². The number of nitrogens with zero attached hydrogens (tertiary/aromatic N) is 2. The first-order valence-electron chi connectivity index (χ1n) is 3.48. The Kier molecular flexibility index (Phi) is 3.30. The molecule has 0 saturated carbocycles. The third-order valence-electron chi connectivity index (χ3n) is 1.47. The molecule has 0 bridgehead atoms. The quantitative estimate of drug-likeness (QED) is 0.636. The van der Waals surface area contributed by atoms with Gasteiger partial charge in [0.2, 0.25) is 5.95 Å². The van der Waals surface area contributed by atoms with E-state index in [-0.39, 0.29) is 11.6 Å². The number of nitrogens with two attached hydrogens (primary N) is 1. The summed E-state index contributed by atoms with van der Waals surface area (Å²) in [6.07, 6.45) is 1.57. The van der Waals surface area contributed by atoms with Crippen molar-refractivity contribution < 1.29 is 9.18 Å². The number of aromatic nitrogens is 2. The molecule has 4 nitrogen and oxygen atoms in total. The van der Waals surface area contributed by atoms with Gasteiger partial charge in [-0.25, -0.2) is 14.4 Å². The van der Waals surface area contributed by atoms with Crippen LogP contribution in [0.4, 0.5) is 10.3 Å². The highest BCUT2D eigenvalue weighted by atomic mass is 79.9. The first-order chi connectivity index (χ1) is 6.19. The third kappa shape index (κ3) is 2.21. The maximum absolute atomic E-state index is 13.0. The molecule has 6 heteroatoms. The number of halogens is 2. The van der Waals surface area contributed by atoms with Crippen LogP contribution < -0.4 is 5.73 Å². The van der Waals surface area contributed by atoms with E-state index in [9.17, 15) is 9.18 Å². The van der Waals surface area contributed by atoms with Crippen LogP contribution in [0, 0.1) is 5.82 Å². The monoisotopic (exact) mass is 247 g/mol. The minimum atomic E-state index is -0.620. The van der Waals surface area contributed by atoms with Crippen molar-refractivity contribution in [3.63, 3.8) is 0 Å². The molecule has 0 saturated heterocycles. The van der Waals surface area contributed by atoms with Gasteiger partial charge >= 0.3 is 0 Å². The van der Waals surface area contributed by atoms with E-state index in [4.69, 9.17) is 5.73 Å². The molecule has 0 aliphatic rings. The average Bonchev–Trinajstić information content (AvgIpc) is 2.13. The van der Waals surface area contributed by atoms with Gasteiger partial charge in [-0.05, 0) is 0 Å². The summed E-state index contributed by atoms with van der Waals surface area (Å²) >= 11 is 3.07. The Balaban J connectivity index is 3.10. The van der Waals surface area contributed by atoms with E-state index in [0.717, 1.165) is 6.20 Å². The lowest BCUT2D eigenvalue weighted by atomic mass is 10.1. The van der Waals surface area contributed by atoms with Gasteiger partial charge in [0.05, 0.1) is 17.8 Å². The summed E-state index contributed by atoms with van der Waals surface area (Å²) in [5.74, 6) is -1.28. The number of hydrogen-bond acceptors (Lipinski definition) is 4. The summed E-state index contributed by atoms with van der Waals surface area (Å²) < 4.78 is 13.0. The molecule has 1 aromatic rings. The number of anilines is 1. The van der Waals surface area contributed by atoms with Crippen molar-refractivity contribution >= 4 is 28.2 Å². The fourth-order valence-corrected chi connectivity index (χ4v) is 1.29. The largest absolute Gasteiger partial charge is 0.368 e. The van der Waals surface area contributed by atoms with Crippen LogP contribution in [0.1, 0.15) is 11.6 Å². The third-order valence-corrected chi connectivity index (χ3v) is 2.17. The number of aldehydes is 1. The standard InChI is InChI=1S/C7H7BrFN3O/c8-1-4(3-13)6-5(9)2-11-7(10)12-6/h2-4H,1H2,(H2,10,11,12). The van der Waals surface area contributed by atoms with Crippen molar-refractivity contribution in [2.45, 2.75) is 5.92 Å². The Bertz CT molecular complexity index is 321. The zero-order valence-corrected chi connectivity index (χ0v) is 8.16. The maximum Gasteiger partial charge on any atom is 0.220 e. The van der Waals surface area contributed by atoms with Crippen molar-refractivity contribution in [2.24, 2.45) is 0 Å². The van der Waals surface area contributed by atoms with E-state index in [2.05, 4.69) is 25.9 Å². The Morgan fingerprint density at radius 3 is 3.00 bits per heavy atom. The van der Waals surface area contributed by atoms with Crippen LogP contribution in [-0.2, 0) is 4.79 Å². The van der Waals surface area contributed by atoms with Gasteiger partial charge in [0.25, 0.3) is 0 Å². The van der Waals surface area contributed by atoms with Crippen LogP contribution in [0.15, 0.2) is 6.20 Å². The summed E-state index contributed by atoms with van der Waals surface area (Å²) in [7, 11) is 0. The van der Waals surface area contributed by atoms with Gasteiger partial charge in [0.1, 0.15) is 6.29 Å². The molecule has 13 heavy (non-hydrogen) atoms. The fraction of sp³-hybridized carbons (Fsp3) is 0.286. The average molecular weight is 248 g/mol. The molecule has 1 atom stereocenters. The summed E-state index contributed by atoms with van der Waals surface area (Å²) in [4.78, 5) is 17.6. The number of carbonyl (C=O) groups excluding carboxylic acids is 1. The summed E-state index contributed by atoms with van der Waals surface area (Å²) in [5.41, 5.74) is 5.28. The normalized spacial score (nSPS) is 12.5. The molecule has 0 aliphatic carbocycles. The van der Waals surface area contributed by atoms with Gasteiger partial charge in [-0.2, -0.15) is 0 Å².